The minimum absolute atomic E-state index is 0.299. The molecule has 0 aliphatic rings. The molecule has 16 heavy (non-hydrogen) atoms. The van der Waals surface area contributed by atoms with Crippen molar-refractivity contribution in [3.63, 3.8) is 0 Å². The van der Waals surface area contributed by atoms with Crippen molar-refractivity contribution in [2.24, 2.45) is 5.92 Å². The van der Waals surface area contributed by atoms with E-state index in [1.807, 2.05) is 30.3 Å². The van der Waals surface area contributed by atoms with Gasteiger partial charge in [0, 0.05) is 7.05 Å². The Kier molecular flexibility index (Phi) is 8.11. The number of aliphatic carboxylic acids is 1. The number of rotatable bonds is 4. The molecule has 0 aromatic heterocycles. The number of hydroxylamine groups is 1. The SMILES string of the molecule is CNOC.C[C@@H](Cc1ccccc1)C(=O)O. The monoisotopic (exact) mass is 225 g/mol. The third-order valence-electron chi connectivity index (χ3n) is 2.01. The van der Waals surface area contributed by atoms with Gasteiger partial charge >= 0.3 is 5.97 Å². The molecule has 4 nitrogen and oxygen atoms in total. The van der Waals surface area contributed by atoms with Crippen molar-refractivity contribution in [3.05, 3.63) is 35.9 Å². The first-order chi connectivity index (χ1) is 7.61. The molecule has 0 spiro atoms. The van der Waals surface area contributed by atoms with Gasteiger partial charge in [-0.05, 0) is 12.0 Å². The molecule has 0 fully saturated rings. The van der Waals surface area contributed by atoms with Crippen molar-refractivity contribution < 1.29 is 14.7 Å². The summed E-state index contributed by atoms with van der Waals surface area (Å²) in [7, 11) is 3.28. The van der Waals surface area contributed by atoms with E-state index in [4.69, 9.17) is 5.11 Å². The number of benzene rings is 1. The van der Waals surface area contributed by atoms with Crippen molar-refractivity contribution in [1.82, 2.24) is 5.48 Å². The minimum atomic E-state index is -0.737. The maximum Gasteiger partial charge on any atom is 0.306 e. The zero-order valence-electron chi connectivity index (χ0n) is 9.93. The lowest BCUT2D eigenvalue weighted by atomic mass is 10.0. The fourth-order valence-electron chi connectivity index (χ4n) is 1.05. The van der Waals surface area contributed by atoms with Crippen LogP contribution in [-0.4, -0.2) is 25.2 Å². The van der Waals surface area contributed by atoms with E-state index in [-0.39, 0.29) is 5.92 Å². The first kappa shape index (κ1) is 14.6. The zero-order valence-corrected chi connectivity index (χ0v) is 9.93. The second kappa shape index (κ2) is 8.88. The van der Waals surface area contributed by atoms with Gasteiger partial charge in [0.1, 0.15) is 0 Å². The first-order valence-corrected chi connectivity index (χ1v) is 5.08. The summed E-state index contributed by atoms with van der Waals surface area (Å²) < 4.78 is 0. The molecule has 0 aliphatic carbocycles. The lowest BCUT2D eigenvalue weighted by Gasteiger charge is -2.04. The molecule has 90 valence electrons. The van der Waals surface area contributed by atoms with E-state index in [1.54, 1.807) is 21.1 Å². The van der Waals surface area contributed by atoms with Crippen molar-refractivity contribution >= 4 is 5.97 Å². The summed E-state index contributed by atoms with van der Waals surface area (Å²) in [5, 5.41) is 8.64. The maximum atomic E-state index is 10.5. The van der Waals surface area contributed by atoms with Crippen LogP contribution in [0.1, 0.15) is 12.5 Å². The van der Waals surface area contributed by atoms with Gasteiger partial charge in [0.15, 0.2) is 0 Å². The molecule has 0 amide bonds. The second-order valence-electron chi connectivity index (χ2n) is 3.34. The smallest absolute Gasteiger partial charge is 0.306 e. The first-order valence-electron chi connectivity index (χ1n) is 5.08. The normalized spacial score (nSPS) is 11.2. The number of carboxylic acid groups (broad SMARTS) is 1. The van der Waals surface area contributed by atoms with Gasteiger partial charge in [-0.25, -0.2) is 5.48 Å². The van der Waals surface area contributed by atoms with Crippen LogP contribution in [0.3, 0.4) is 0 Å². The topological polar surface area (TPSA) is 58.6 Å². The van der Waals surface area contributed by atoms with Gasteiger partial charge in [0.05, 0.1) is 13.0 Å². The summed E-state index contributed by atoms with van der Waals surface area (Å²) in [6, 6.07) is 9.65. The Balaban J connectivity index is 0.000000487. The van der Waals surface area contributed by atoms with Gasteiger partial charge < -0.3 is 9.94 Å². The average molecular weight is 225 g/mol. The molecule has 0 heterocycles. The lowest BCUT2D eigenvalue weighted by Crippen LogP contribution is -2.11. The highest BCUT2D eigenvalue weighted by molar-refractivity contribution is 5.69. The molecule has 0 unspecified atom stereocenters. The summed E-state index contributed by atoms with van der Waals surface area (Å²) >= 11 is 0. The van der Waals surface area contributed by atoms with E-state index >= 15 is 0 Å². The van der Waals surface area contributed by atoms with E-state index in [1.165, 1.54) is 0 Å². The molecule has 1 rings (SSSR count). The van der Waals surface area contributed by atoms with Crippen molar-refractivity contribution in [2.75, 3.05) is 14.2 Å². The van der Waals surface area contributed by atoms with E-state index in [0.29, 0.717) is 6.42 Å². The lowest BCUT2D eigenvalue weighted by molar-refractivity contribution is -0.141. The zero-order chi connectivity index (χ0) is 12.4. The molecule has 0 radical (unpaired) electrons. The number of hydrogen-bond donors (Lipinski definition) is 2. The Labute approximate surface area is 96.2 Å². The highest BCUT2D eigenvalue weighted by Gasteiger charge is 2.10. The highest BCUT2D eigenvalue weighted by atomic mass is 16.6. The van der Waals surface area contributed by atoms with Crippen LogP contribution in [0.25, 0.3) is 0 Å². The van der Waals surface area contributed by atoms with Crippen LogP contribution in [0.4, 0.5) is 0 Å². The van der Waals surface area contributed by atoms with Gasteiger partial charge in [-0.1, -0.05) is 37.3 Å². The van der Waals surface area contributed by atoms with E-state index < -0.39 is 5.97 Å². The predicted octanol–water partition coefficient (Wildman–Crippen LogP) is 1.72. The Morgan fingerprint density at radius 2 is 1.94 bits per heavy atom. The minimum Gasteiger partial charge on any atom is -0.481 e. The number of nitrogens with one attached hydrogen (secondary N) is 1. The second-order valence-corrected chi connectivity index (χ2v) is 3.34. The molecule has 2 N–H and O–H groups in total. The van der Waals surface area contributed by atoms with E-state index in [2.05, 4.69) is 10.3 Å². The summed E-state index contributed by atoms with van der Waals surface area (Å²) in [4.78, 5) is 14.8. The molecule has 0 saturated carbocycles. The summed E-state index contributed by atoms with van der Waals surface area (Å²) in [6.07, 6.45) is 0.607. The van der Waals surface area contributed by atoms with Crippen LogP contribution in [-0.2, 0) is 16.1 Å². The predicted molar refractivity (Wildman–Crippen MR) is 63.0 cm³/mol. The van der Waals surface area contributed by atoms with Crippen LogP contribution in [0.2, 0.25) is 0 Å². The molecule has 1 atom stereocenters. The fourth-order valence-corrected chi connectivity index (χ4v) is 1.05. The van der Waals surface area contributed by atoms with Crippen LogP contribution in [0.15, 0.2) is 30.3 Å². The van der Waals surface area contributed by atoms with Gasteiger partial charge in [0.2, 0.25) is 0 Å². The Bertz CT molecular complexity index is 286. The molecule has 0 bridgehead atoms. The molecule has 1 aromatic carbocycles. The van der Waals surface area contributed by atoms with Crippen LogP contribution in [0.5, 0.6) is 0 Å². The van der Waals surface area contributed by atoms with Crippen molar-refractivity contribution in [3.8, 4) is 0 Å². The molecule has 1 aromatic rings. The molecular weight excluding hydrogens is 206 g/mol. The third kappa shape index (κ3) is 6.98. The standard InChI is InChI=1S/C10H12O2.C2H7NO/c1-8(10(11)12)7-9-5-3-2-4-6-9;1-3-4-2/h2-6,8H,7H2,1H3,(H,11,12);3H,1-2H3/t8-;/m0./s1. The van der Waals surface area contributed by atoms with Gasteiger partial charge in [0.25, 0.3) is 0 Å². The summed E-state index contributed by atoms with van der Waals surface area (Å²) in [6.45, 7) is 1.72. The largest absolute Gasteiger partial charge is 0.481 e. The van der Waals surface area contributed by atoms with E-state index in [9.17, 15) is 4.79 Å². The maximum absolute atomic E-state index is 10.5. The van der Waals surface area contributed by atoms with Crippen LogP contribution < -0.4 is 5.48 Å². The summed E-state index contributed by atoms with van der Waals surface area (Å²) in [5.41, 5.74) is 3.51. The molecule has 0 saturated heterocycles. The number of carboxylic acids is 1. The summed E-state index contributed by atoms with van der Waals surface area (Å²) in [5.74, 6) is -1.04. The van der Waals surface area contributed by atoms with Crippen LogP contribution in [0, 0.1) is 5.92 Å². The van der Waals surface area contributed by atoms with Gasteiger partial charge in [-0.3, -0.25) is 4.79 Å². The Morgan fingerprint density at radius 3 is 2.31 bits per heavy atom. The quantitative estimate of drug-likeness (QED) is 0.766. The van der Waals surface area contributed by atoms with Crippen molar-refractivity contribution in [2.45, 2.75) is 13.3 Å². The van der Waals surface area contributed by atoms with E-state index in [0.717, 1.165) is 5.56 Å². The molecule has 0 aliphatic heterocycles. The average Bonchev–Trinajstić information content (AvgIpc) is 2.30. The van der Waals surface area contributed by atoms with Crippen molar-refractivity contribution in [1.29, 1.82) is 0 Å². The Morgan fingerprint density at radius 1 is 1.44 bits per heavy atom. The molecular formula is C12H19NO3. The highest BCUT2D eigenvalue weighted by Crippen LogP contribution is 2.07. The third-order valence-corrected chi connectivity index (χ3v) is 2.01. The Hall–Kier alpha value is -1.39. The van der Waals surface area contributed by atoms with Gasteiger partial charge in [-0.15, -0.1) is 0 Å². The molecule has 4 heteroatoms. The fraction of sp³-hybridized carbons (Fsp3) is 0.417. The van der Waals surface area contributed by atoms with Crippen LogP contribution >= 0.6 is 0 Å². The van der Waals surface area contributed by atoms with Gasteiger partial charge in [-0.2, -0.15) is 0 Å². The number of carbonyl (C=O) groups is 1. The number of hydrogen-bond acceptors (Lipinski definition) is 3.